The number of hydrogen-bond donors (Lipinski definition) is 0. The minimum atomic E-state index is 0.134. The topological polar surface area (TPSA) is 70.4 Å². The lowest BCUT2D eigenvalue weighted by atomic mass is 10.1. The fourth-order valence-electron chi connectivity index (χ4n) is 4.33. The normalized spacial score (nSPS) is 17.5. The summed E-state index contributed by atoms with van der Waals surface area (Å²) in [5, 5.41) is 0. The van der Waals surface area contributed by atoms with Gasteiger partial charge in [-0.2, -0.15) is 4.98 Å². The average Bonchev–Trinajstić information content (AvgIpc) is 3.23. The highest BCUT2D eigenvalue weighted by Gasteiger charge is 2.23. The summed E-state index contributed by atoms with van der Waals surface area (Å²) < 4.78 is 1.93. The van der Waals surface area contributed by atoms with Crippen LogP contribution in [-0.4, -0.2) is 69.6 Å². The van der Waals surface area contributed by atoms with Crippen molar-refractivity contribution in [1.29, 1.82) is 0 Å². The van der Waals surface area contributed by atoms with Crippen molar-refractivity contribution in [3.05, 3.63) is 42.9 Å². The summed E-state index contributed by atoms with van der Waals surface area (Å²) in [5.74, 6) is 1.92. The number of carbonyl (C=O) groups excluding carboxylic acids is 1. The van der Waals surface area contributed by atoms with E-state index < -0.39 is 0 Å². The predicted molar refractivity (Wildman–Crippen MR) is 117 cm³/mol. The summed E-state index contributed by atoms with van der Waals surface area (Å²) in [6.45, 7) is 5.37. The van der Waals surface area contributed by atoms with Crippen molar-refractivity contribution in [3.63, 3.8) is 0 Å². The van der Waals surface area contributed by atoms with Crippen LogP contribution in [0.4, 0.5) is 11.8 Å². The van der Waals surface area contributed by atoms with E-state index in [4.69, 9.17) is 4.98 Å². The maximum Gasteiger partial charge on any atom is 0.242 e. The molecule has 2 aliphatic heterocycles. The van der Waals surface area contributed by atoms with Gasteiger partial charge in [-0.1, -0.05) is 12.1 Å². The number of piperazine rings is 1. The van der Waals surface area contributed by atoms with Gasteiger partial charge in [-0.25, -0.2) is 9.97 Å². The van der Waals surface area contributed by atoms with Crippen LogP contribution in [0.25, 0.3) is 11.0 Å². The third kappa shape index (κ3) is 3.81. The highest BCUT2D eigenvalue weighted by atomic mass is 16.2. The molecule has 0 radical (unpaired) electrons. The van der Waals surface area contributed by atoms with Crippen molar-refractivity contribution < 1.29 is 4.79 Å². The van der Waals surface area contributed by atoms with Gasteiger partial charge in [0.05, 0.1) is 17.4 Å². The number of imidazole rings is 1. The van der Waals surface area contributed by atoms with Crippen LogP contribution in [-0.2, 0) is 11.3 Å². The molecule has 0 spiro atoms. The van der Waals surface area contributed by atoms with Gasteiger partial charge in [-0.15, -0.1) is 0 Å². The van der Waals surface area contributed by atoms with E-state index in [1.807, 2.05) is 46.0 Å². The number of piperidine rings is 1. The SMILES string of the molecule is O=C(Cn1cnc2ccccc21)N1CCN(c2ccnc(N3CCCCC3)n2)CC1. The summed E-state index contributed by atoms with van der Waals surface area (Å²) in [4.78, 5) is 33.0. The Morgan fingerprint density at radius 3 is 2.50 bits per heavy atom. The molecule has 2 aromatic heterocycles. The van der Waals surface area contributed by atoms with Crippen LogP contribution in [0.5, 0.6) is 0 Å². The van der Waals surface area contributed by atoms with E-state index in [0.29, 0.717) is 19.6 Å². The lowest BCUT2D eigenvalue weighted by Gasteiger charge is -2.36. The maximum absolute atomic E-state index is 12.8. The molecule has 8 heteroatoms. The van der Waals surface area contributed by atoms with E-state index in [9.17, 15) is 4.79 Å². The Hall–Kier alpha value is -3.16. The molecule has 5 rings (SSSR count). The number of nitrogens with zero attached hydrogens (tertiary/aromatic N) is 7. The molecule has 3 aromatic rings. The second-order valence-corrected chi connectivity index (χ2v) is 7.99. The number of fused-ring (bicyclic) bond motifs is 1. The van der Waals surface area contributed by atoms with Gasteiger partial charge in [0, 0.05) is 45.5 Å². The molecule has 1 amide bonds. The van der Waals surface area contributed by atoms with Gasteiger partial charge in [0.1, 0.15) is 12.4 Å². The molecule has 8 nitrogen and oxygen atoms in total. The molecule has 0 saturated carbocycles. The lowest BCUT2D eigenvalue weighted by Crippen LogP contribution is -2.50. The molecule has 2 saturated heterocycles. The minimum absolute atomic E-state index is 0.134. The maximum atomic E-state index is 12.8. The molecule has 2 fully saturated rings. The molecular weight excluding hydrogens is 378 g/mol. The molecule has 0 atom stereocenters. The van der Waals surface area contributed by atoms with E-state index in [-0.39, 0.29) is 5.91 Å². The van der Waals surface area contributed by atoms with Gasteiger partial charge >= 0.3 is 0 Å². The number of anilines is 2. The zero-order chi connectivity index (χ0) is 20.3. The number of hydrogen-bond acceptors (Lipinski definition) is 6. The van der Waals surface area contributed by atoms with Crippen LogP contribution in [0.1, 0.15) is 19.3 Å². The fourth-order valence-corrected chi connectivity index (χ4v) is 4.33. The van der Waals surface area contributed by atoms with Crippen LogP contribution in [0.3, 0.4) is 0 Å². The number of amides is 1. The second-order valence-electron chi connectivity index (χ2n) is 7.99. The van der Waals surface area contributed by atoms with Gasteiger partial charge in [0.2, 0.25) is 11.9 Å². The molecular formula is C22H27N7O. The number of para-hydroxylation sites is 2. The van der Waals surface area contributed by atoms with Crippen molar-refractivity contribution >= 4 is 28.7 Å². The van der Waals surface area contributed by atoms with E-state index in [1.165, 1.54) is 19.3 Å². The second kappa shape index (κ2) is 8.30. The summed E-state index contributed by atoms with van der Waals surface area (Å²) in [5.41, 5.74) is 1.92. The zero-order valence-corrected chi connectivity index (χ0v) is 17.2. The first-order valence-electron chi connectivity index (χ1n) is 10.8. The van der Waals surface area contributed by atoms with E-state index in [0.717, 1.165) is 49.0 Å². The predicted octanol–water partition coefficient (Wildman–Crippen LogP) is 2.17. The number of aromatic nitrogens is 4. The monoisotopic (exact) mass is 405 g/mol. The first kappa shape index (κ1) is 18.8. The van der Waals surface area contributed by atoms with Crippen LogP contribution in [0.15, 0.2) is 42.9 Å². The van der Waals surface area contributed by atoms with Crippen molar-refractivity contribution in [2.75, 3.05) is 49.1 Å². The van der Waals surface area contributed by atoms with Gasteiger partial charge < -0.3 is 19.3 Å². The Bertz CT molecular complexity index is 1020. The molecule has 4 heterocycles. The van der Waals surface area contributed by atoms with Crippen LogP contribution >= 0.6 is 0 Å². The van der Waals surface area contributed by atoms with Crippen molar-refractivity contribution in [2.24, 2.45) is 0 Å². The number of carbonyl (C=O) groups is 1. The highest BCUT2D eigenvalue weighted by molar-refractivity contribution is 5.80. The number of rotatable bonds is 4. The first-order chi connectivity index (χ1) is 14.8. The Balaban J connectivity index is 1.20. The largest absolute Gasteiger partial charge is 0.353 e. The Morgan fingerprint density at radius 2 is 1.67 bits per heavy atom. The third-order valence-corrected chi connectivity index (χ3v) is 6.06. The number of benzene rings is 1. The summed E-state index contributed by atoms with van der Waals surface area (Å²) in [6.07, 6.45) is 7.32. The van der Waals surface area contributed by atoms with Crippen LogP contribution in [0.2, 0.25) is 0 Å². The third-order valence-electron chi connectivity index (χ3n) is 6.06. The molecule has 0 unspecified atom stereocenters. The molecule has 2 aliphatic rings. The fraction of sp³-hybridized carbons (Fsp3) is 0.455. The molecule has 0 N–H and O–H groups in total. The smallest absolute Gasteiger partial charge is 0.242 e. The quantitative estimate of drug-likeness (QED) is 0.663. The zero-order valence-electron chi connectivity index (χ0n) is 17.2. The van der Waals surface area contributed by atoms with E-state index in [1.54, 1.807) is 6.33 Å². The van der Waals surface area contributed by atoms with Gasteiger partial charge in [0.25, 0.3) is 0 Å². The highest BCUT2D eigenvalue weighted by Crippen LogP contribution is 2.20. The summed E-state index contributed by atoms with van der Waals surface area (Å²) in [6, 6.07) is 9.88. The minimum Gasteiger partial charge on any atom is -0.353 e. The Morgan fingerprint density at radius 1 is 0.867 bits per heavy atom. The lowest BCUT2D eigenvalue weighted by molar-refractivity contribution is -0.132. The van der Waals surface area contributed by atoms with Gasteiger partial charge in [-0.3, -0.25) is 4.79 Å². The molecule has 0 aliphatic carbocycles. The van der Waals surface area contributed by atoms with E-state index in [2.05, 4.69) is 19.8 Å². The average molecular weight is 406 g/mol. The molecule has 156 valence electrons. The first-order valence-corrected chi connectivity index (χ1v) is 10.8. The van der Waals surface area contributed by atoms with Gasteiger partial charge in [-0.05, 0) is 37.5 Å². The van der Waals surface area contributed by atoms with E-state index >= 15 is 0 Å². The summed E-state index contributed by atoms with van der Waals surface area (Å²) >= 11 is 0. The Kier molecular flexibility index (Phi) is 5.21. The van der Waals surface area contributed by atoms with Crippen molar-refractivity contribution in [3.8, 4) is 0 Å². The van der Waals surface area contributed by atoms with Crippen molar-refractivity contribution in [1.82, 2.24) is 24.4 Å². The van der Waals surface area contributed by atoms with Crippen LogP contribution in [0, 0.1) is 0 Å². The Labute approximate surface area is 176 Å². The molecule has 30 heavy (non-hydrogen) atoms. The van der Waals surface area contributed by atoms with Crippen LogP contribution < -0.4 is 9.80 Å². The molecule has 0 bridgehead atoms. The van der Waals surface area contributed by atoms with Gasteiger partial charge in [0.15, 0.2) is 0 Å². The molecule has 1 aromatic carbocycles. The summed E-state index contributed by atoms with van der Waals surface area (Å²) in [7, 11) is 0. The van der Waals surface area contributed by atoms with Crippen molar-refractivity contribution in [2.45, 2.75) is 25.8 Å². The standard InChI is InChI=1S/C22H27N7O/c30-21(16-29-17-24-18-6-2-3-7-19(18)29)27-14-12-26(13-15-27)20-8-9-23-22(25-20)28-10-4-1-5-11-28/h2-3,6-9,17H,1,4-5,10-16H2.